The molecule has 1 N–H and O–H groups in total. The quantitative estimate of drug-likeness (QED) is 0.578. The molecule has 1 heterocycles. The summed E-state index contributed by atoms with van der Waals surface area (Å²) in [5, 5.41) is 0. The van der Waals surface area contributed by atoms with Crippen molar-refractivity contribution in [1.82, 2.24) is 9.29 Å². The fourth-order valence-electron chi connectivity index (χ4n) is 3.33. The van der Waals surface area contributed by atoms with Gasteiger partial charge in [-0.25, -0.2) is 13.1 Å². The molecule has 3 aromatic rings. The van der Waals surface area contributed by atoms with E-state index in [1.54, 1.807) is 29.9 Å². The van der Waals surface area contributed by atoms with Gasteiger partial charge in [-0.05, 0) is 55.2 Å². The Kier molecular flexibility index (Phi) is 6.45. The zero-order valence-corrected chi connectivity index (χ0v) is 18.6. The zero-order valence-electron chi connectivity index (χ0n) is 17.0. The summed E-state index contributed by atoms with van der Waals surface area (Å²) >= 11 is 1.06. The SMILES string of the molecule is CCn1c(=O)sc2cc(S(=O)(=O)NC(CC(C)C)c3ccc(OC)cc3)ccc21. The molecule has 0 aliphatic carbocycles. The van der Waals surface area contributed by atoms with Crippen LogP contribution >= 0.6 is 11.3 Å². The Bertz CT molecular complexity index is 1150. The molecule has 1 atom stereocenters. The second-order valence-electron chi connectivity index (χ2n) is 7.32. The highest BCUT2D eigenvalue weighted by atomic mass is 32.2. The third-order valence-electron chi connectivity index (χ3n) is 4.79. The molecule has 0 amide bonds. The molecule has 1 unspecified atom stereocenters. The highest BCUT2D eigenvalue weighted by Crippen LogP contribution is 2.27. The first kappa shape index (κ1) is 21.5. The number of benzene rings is 2. The number of hydrogen-bond acceptors (Lipinski definition) is 5. The molecule has 1 aromatic heterocycles. The number of thiazole rings is 1. The lowest BCUT2D eigenvalue weighted by Gasteiger charge is -2.21. The van der Waals surface area contributed by atoms with Gasteiger partial charge in [-0.15, -0.1) is 0 Å². The van der Waals surface area contributed by atoms with E-state index in [0.717, 1.165) is 28.2 Å². The predicted octanol–water partition coefficient (Wildman–Crippen LogP) is 4.16. The molecule has 156 valence electrons. The zero-order chi connectivity index (χ0) is 21.2. The Morgan fingerprint density at radius 2 is 1.83 bits per heavy atom. The van der Waals surface area contributed by atoms with Crippen LogP contribution in [0.15, 0.2) is 52.2 Å². The van der Waals surface area contributed by atoms with E-state index in [1.165, 1.54) is 0 Å². The number of rotatable bonds is 8. The van der Waals surface area contributed by atoms with E-state index in [9.17, 15) is 13.2 Å². The summed E-state index contributed by atoms with van der Waals surface area (Å²) in [6.07, 6.45) is 0.660. The number of ether oxygens (including phenoxy) is 1. The molecule has 0 saturated heterocycles. The highest BCUT2D eigenvalue weighted by molar-refractivity contribution is 7.89. The van der Waals surface area contributed by atoms with Crippen LogP contribution in [0, 0.1) is 5.92 Å². The monoisotopic (exact) mass is 434 g/mol. The molecule has 0 fully saturated rings. The smallest absolute Gasteiger partial charge is 0.308 e. The van der Waals surface area contributed by atoms with Crippen LogP contribution in [0.5, 0.6) is 5.75 Å². The number of aromatic nitrogens is 1. The summed E-state index contributed by atoms with van der Waals surface area (Å²) in [6.45, 7) is 6.56. The van der Waals surface area contributed by atoms with E-state index >= 15 is 0 Å². The Morgan fingerprint density at radius 3 is 2.41 bits per heavy atom. The van der Waals surface area contributed by atoms with Crippen molar-refractivity contribution in [2.24, 2.45) is 5.92 Å². The normalized spacial score (nSPS) is 13.1. The lowest BCUT2D eigenvalue weighted by molar-refractivity contribution is 0.414. The summed E-state index contributed by atoms with van der Waals surface area (Å²) in [5.74, 6) is 1.02. The van der Waals surface area contributed by atoms with Gasteiger partial charge in [-0.1, -0.05) is 37.3 Å². The van der Waals surface area contributed by atoms with Gasteiger partial charge in [0.25, 0.3) is 0 Å². The minimum absolute atomic E-state index is 0.0825. The number of hydrogen-bond donors (Lipinski definition) is 1. The third kappa shape index (κ3) is 4.71. The van der Waals surface area contributed by atoms with Crippen LogP contribution in [-0.2, 0) is 16.6 Å². The minimum Gasteiger partial charge on any atom is -0.497 e. The van der Waals surface area contributed by atoms with Gasteiger partial charge in [0, 0.05) is 12.6 Å². The summed E-state index contributed by atoms with van der Waals surface area (Å²) in [5.41, 5.74) is 1.64. The van der Waals surface area contributed by atoms with E-state index in [4.69, 9.17) is 4.74 Å². The molecular formula is C21H26N2O4S2. The number of nitrogens with zero attached hydrogens (tertiary/aromatic N) is 1. The number of aryl methyl sites for hydroxylation is 1. The predicted molar refractivity (Wildman–Crippen MR) is 117 cm³/mol. The Balaban J connectivity index is 1.95. The standard InChI is InChI=1S/C21H26N2O4S2/c1-5-23-19-11-10-17(13-20(19)28-21(23)24)29(25,26)22-18(12-14(2)3)15-6-8-16(27-4)9-7-15/h6-11,13-14,18,22H,5,12H2,1-4H3. The Morgan fingerprint density at radius 1 is 1.14 bits per heavy atom. The highest BCUT2D eigenvalue weighted by Gasteiger charge is 2.23. The first-order valence-corrected chi connectivity index (χ1v) is 11.8. The molecule has 8 heteroatoms. The molecule has 0 radical (unpaired) electrons. The first-order chi connectivity index (χ1) is 13.7. The number of fused-ring (bicyclic) bond motifs is 1. The molecule has 0 aliphatic rings. The van der Waals surface area contributed by atoms with Gasteiger partial charge in [0.1, 0.15) is 5.75 Å². The molecule has 2 aromatic carbocycles. The van der Waals surface area contributed by atoms with Crippen molar-refractivity contribution in [1.29, 1.82) is 0 Å². The van der Waals surface area contributed by atoms with Crippen molar-refractivity contribution in [3.63, 3.8) is 0 Å². The topological polar surface area (TPSA) is 77.4 Å². The van der Waals surface area contributed by atoms with E-state index in [2.05, 4.69) is 18.6 Å². The second kappa shape index (κ2) is 8.69. The molecule has 0 saturated carbocycles. The van der Waals surface area contributed by atoms with Crippen LogP contribution in [-0.4, -0.2) is 20.1 Å². The van der Waals surface area contributed by atoms with Gasteiger partial charge < -0.3 is 4.74 Å². The van der Waals surface area contributed by atoms with Crippen molar-refractivity contribution in [3.05, 3.63) is 57.7 Å². The van der Waals surface area contributed by atoms with Crippen molar-refractivity contribution in [2.75, 3.05) is 7.11 Å². The van der Waals surface area contributed by atoms with Crippen LogP contribution in [0.1, 0.15) is 38.8 Å². The van der Waals surface area contributed by atoms with E-state index in [1.807, 2.05) is 31.2 Å². The lowest BCUT2D eigenvalue weighted by atomic mass is 9.98. The number of sulfonamides is 1. The van der Waals surface area contributed by atoms with E-state index < -0.39 is 10.0 Å². The van der Waals surface area contributed by atoms with Gasteiger partial charge in [0.2, 0.25) is 10.0 Å². The fourth-order valence-corrected chi connectivity index (χ4v) is 5.66. The van der Waals surface area contributed by atoms with Gasteiger partial charge in [-0.3, -0.25) is 9.36 Å². The van der Waals surface area contributed by atoms with Gasteiger partial charge >= 0.3 is 4.87 Å². The molecule has 0 spiro atoms. The van der Waals surface area contributed by atoms with Crippen LogP contribution in [0.2, 0.25) is 0 Å². The average Bonchev–Trinajstić information content (AvgIpc) is 3.01. The van der Waals surface area contributed by atoms with Crippen molar-refractivity contribution >= 4 is 31.6 Å². The summed E-state index contributed by atoms with van der Waals surface area (Å²) in [6, 6.07) is 11.9. The lowest BCUT2D eigenvalue weighted by Crippen LogP contribution is -2.29. The largest absolute Gasteiger partial charge is 0.497 e. The maximum absolute atomic E-state index is 13.1. The fraction of sp³-hybridized carbons (Fsp3) is 0.381. The van der Waals surface area contributed by atoms with Crippen molar-refractivity contribution < 1.29 is 13.2 Å². The maximum atomic E-state index is 13.1. The Hall–Kier alpha value is -2.16. The molecule has 3 rings (SSSR count). The summed E-state index contributed by atoms with van der Waals surface area (Å²) in [7, 11) is -2.16. The summed E-state index contributed by atoms with van der Waals surface area (Å²) < 4.78 is 36.6. The van der Waals surface area contributed by atoms with Gasteiger partial charge in [0.15, 0.2) is 0 Å². The number of nitrogens with one attached hydrogen (secondary N) is 1. The van der Waals surface area contributed by atoms with Crippen LogP contribution in [0.4, 0.5) is 0 Å². The maximum Gasteiger partial charge on any atom is 0.308 e. The van der Waals surface area contributed by atoms with Crippen LogP contribution in [0.25, 0.3) is 10.2 Å². The van der Waals surface area contributed by atoms with E-state index in [0.29, 0.717) is 23.6 Å². The molecule has 0 bridgehead atoms. The first-order valence-electron chi connectivity index (χ1n) is 9.54. The second-order valence-corrected chi connectivity index (χ2v) is 10.0. The number of methoxy groups -OCH3 is 1. The molecular weight excluding hydrogens is 408 g/mol. The average molecular weight is 435 g/mol. The van der Waals surface area contributed by atoms with E-state index in [-0.39, 0.29) is 15.8 Å². The minimum atomic E-state index is -3.76. The van der Waals surface area contributed by atoms with Crippen molar-refractivity contribution in [3.8, 4) is 5.75 Å². The van der Waals surface area contributed by atoms with Gasteiger partial charge in [-0.2, -0.15) is 0 Å². The van der Waals surface area contributed by atoms with Crippen molar-refractivity contribution in [2.45, 2.75) is 44.7 Å². The van der Waals surface area contributed by atoms with Gasteiger partial charge in [0.05, 0.1) is 22.2 Å². The summed E-state index contributed by atoms with van der Waals surface area (Å²) in [4.78, 5) is 12.2. The van der Waals surface area contributed by atoms with Crippen LogP contribution in [0.3, 0.4) is 0 Å². The van der Waals surface area contributed by atoms with Crippen LogP contribution < -0.4 is 14.3 Å². The molecule has 29 heavy (non-hydrogen) atoms. The molecule has 6 nitrogen and oxygen atoms in total. The third-order valence-corrected chi connectivity index (χ3v) is 7.20. The Labute approximate surface area is 175 Å². The molecule has 0 aliphatic heterocycles.